The summed E-state index contributed by atoms with van der Waals surface area (Å²) in [4.78, 5) is 4.18. The van der Waals surface area contributed by atoms with Gasteiger partial charge < -0.3 is 5.32 Å². The minimum Gasteiger partial charge on any atom is -0.312 e. The Kier molecular flexibility index (Phi) is 3.67. The Labute approximate surface area is 136 Å². The average Bonchev–Trinajstić information content (AvgIpc) is 3.26. The summed E-state index contributed by atoms with van der Waals surface area (Å²) >= 11 is 0. The maximum atomic E-state index is 4.19. The van der Waals surface area contributed by atoms with Gasteiger partial charge in [-0.05, 0) is 30.5 Å². The summed E-state index contributed by atoms with van der Waals surface area (Å²) in [6, 6.07) is 14.8. The molecule has 2 heterocycles. The normalized spacial score (nSPS) is 15.5. The lowest BCUT2D eigenvalue weighted by atomic mass is 9.96. The van der Waals surface area contributed by atoms with Gasteiger partial charge in [0, 0.05) is 42.0 Å². The number of hydrogen-bond donors (Lipinski definition) is 2. The maximum Gasteiger partial charge on any atom is 0.0710 e. The van der Waals surface area contributed by atoms with Crippen molar-refractivity contribution in [2.45, 2.75) is 24.8 Å². The molecule has 4 nitrogen and oxygen atoms in total. The Morgan fingerprint density at radius 2 is 1.91 bits per heavy atom. The number of aromatic nitrogens is 3. The highest BCUT2D eigenvalue weighted by molar-refractivity contribution is 5.61. The van der Waals surface area contributed by atoms with Crippen LogP contribution >= 0.6 is 0 Å². The summed E-state index contributed by atoms with van der Waals surface area (Å²) < 4.78 is 0. The summed E-state index contributed by atoms with van der Waals surface area (Å²) in [5.41, 5.74) is 5.09. The van der Waals surface area contributed by atoms with Crippen molar-refractivity contribution in [2.24, 2.45) is 0 Å². The van der Waals surface area contributed by atoms with Crippen LogP contribution in [0.5, 0.6) is 0 Å². The lowest BCUT2D eigenvalue weighted by Gasteiger charge is -2.16. The second kappa shape index (κ2) is 5.97. The molecular weight excluding hydrogens is 284 g/mol. The van der Waals surface area contributed by atoms with Crippen LogP contribution in [0, 0.1) is 0 Å². The van der Waals surface area contributed by atoms with Crippen LogP contribution < -0.4 is 5.32 Å². The van der Waals surface area contributed by atoms with E-state index in [0.717, 1.165) is 24.3 Å². The zero-order valence-electron chi connectivity index (χ0n) is 13.0. The van der Waals surface area contributed by atoms with Gasteiger partial charge in [-0.3, -0.25) is 10.1 Å². The van der Waals surface area contributed by atoms with Crippen LogP contribution in [-0.4, -0.2) is 21.7 Å². The van der Waals surface area contributed by atoms with E-state index in [2.05, 4.69) is 56.9 Å². The number of nitrogens with one attached hydrogen (secondary N) is 2. The molecule has 23 heavy (non-hydrogen) atoms. The van der Waals surface area contributed by atoms with E-state index in [0.29, 0.717) is 5.41 Å². The molecule has 4 heteroatoms. The minimum absolute atomic E-state index is 0.333. The van der Waals surface area contributed by atoms with Crippen LogP contribution in [0.25, 0.3) is 11.3 Å². The Morgan fingerprint density at radius 1 is 1.04 bits per heavy atom. The molecule has 2 aromatic heterocycles. The van der Waals surface area contributed by atoms with Crippen LogP contribution in [0.3, 0.4) is 0 Å². The highest BCUT2D eigenvalue weighted by atomic mass is 15.1. The molecule has 1 aliphatic rings. The van der Waals surface area contributed by atoms with Gasteiger partial charge in [-0.1, -0.05) is 30.3 Å². The number of nitrogens with zero attached hydrogens (tertiary/aromatic N) is 2. The Balaban J connectivity index is 1.42. The van der Waals surface area contributed by atoms with Crippen molar-refractivity contribution < 1.29 is 0 Å². The third kappa shape index (κ3) is 2.90. The van der Waals surface area contributed by atoms with Gasteiger partial charge in [0.1, 0.15) is 0 Å². The van der Waals surface area contributed by atoms with Crippen LogP contribution in [0.15, 0.2) is 61.1 Å². The molecule has 0 amide bonds. The third-order valence-electron chi connectivity index (χ3n) is 4.69. The molecule has 0 aliphatic heterocycles. The predicted octanol–water partition coefficient (Wildman–Crippen LogP) is 3.29. The highest BCUT2D eigenvalue weighted by Gasteiger charge is 2.43. The van der Waals surface area contributed by atoms with Gasteiger partial charge in [0.25, 0.3) is 0 Å². The summed E-state index contributed by atoms with van der Waals surface area (Å²) in [7, 11) is 0. The number of hydrogen-bond acceptors (Lipinski definition) is 3. The van der Waals surface area contributed by atoms with Crippen molar-refractivity contribution in [3.05, 3.63) is 72.2 Å². The quantitative estimate of drug-likeness (QED) is 0.734. The zero-order valence-corrected chi connectivity index (χ0v) is 13.0. The SMILES string of the molecule is c1ccc(C2(CNCc3cn[nH]c3-c3cccnc3)CC2)cc1. The molecule has 0 unspecified atom stereocenters. The van der Waals surface area contributed by atoms with Gasteiger partial charge in [-0.15, -0.1) is 0 Å². The Hall–Kier alpha value is -2.46. The van der Waals surface area contributed by atoms with Gasteiger partial charge in [0.05, 0.1) is 11.9 Å². The van der Waals surface area contributed by atoms with Crippen molar-refractivity contribution >= 4 is 0 Å². The fourth-order valence-electron chi connectivity index (χ4n) is 3.15. The van der Waals surface area contributed by atoms with Gasteiger partial charge in [-0.2, -0.15) is 5.10 Å². The third-order valence-corrected chi connectivity index (χ3v) is 4.69. The lowest BCUT2D eigenvalue weighted by molar-refractivity contribution is 0.575. The van der Waals surface area contributed by atoms with Crippen LogP contribution in [0.1, 0.15) is 24.0 Å². The molecule has 1 aliphatic carbocycles. The first-order valence-electron chi connectivity index (χ1n) is 8.06. The summed E-state index contributed by atoms with van der Waals surface area (Å²) in [6.07, 6.45) is 8.09. The lowest BCUT2D eigenvalue weighted by Crippen LogP contribution is -2.26. The smallest absolute Gasteiger partial charge is 0.0710 e. The van der Waals surface area contributed by atoms with E-state index >= 15 is 0 Å². The first kappa shape index (κ1) is 14.2. The van der Waals surface area contributed by atoms with Crippen molar-refractivity contribution in [1.29, 1.82) is 0 Å². The largest absolute Gasteiger partial charge is 0.312 e. The van der Waals surface area contributed by atoms with Crippen LogP contribution in [0.4, 0.5) is 0 Å². The van der Waals surface area contributed by atoms with Crippen molar-refractivity contribution in [3.8, 4) is 11.3 Å². The first-order chi connectivity index (χ1) is 11.4. The number of pyridine rings is 1. The van der Waals surface area contributed by atoms with Crippen molar-refractivity contribution in [1.82, 2.24) is 20.5 Å². The number of benzene rings is 1. The van der Waals surface area contributed by atoms with Gasteiger partial charge >= 0.3 is 0 Å². The standard InChI is InChI=1S/C19H20N4/c1-2-6-17(7-3-1)19(8-9-19)14-21-12-16-13-22-23-18(16)15-5-4-10-20-11-15/h1-7,10-11,13,21H,8-9,12,14H2,(H,22,23). The molecular formula is C19H20N4. The van der Waals surface area contributed by atoms with Crippen molar-refractivity contribution in [2.75, 3.05) is 6.54 Å². The molecule has 0 spiro atoms. The van der Waals surface area contributed by atoms with E-state index in [1.165, 1.54) is 24.0 Å². The highest BCUT2D eigenvalue weighted by Crippen LogP contribution is 2.47. The van der Waals surface area contributed by atoms with Gasteiger partial charge in [-0.25, -0.2) is 0 Å². The van der Waals surface area contributed by atoms with E-state index in [1.54, 1.807) is 6.20 Å². The summed E-state index contributed by atoms with van der Waals surface area (Å²) in [5.74, 6) is 0. The first-order valence-corrected chi connectivity index (χ1v) is 8.06. The van der Waals surface area contributed by atoms with Crippen LogP contribution in [0.2, 0.25) is 0 Å². The van der Waals surface area contributed by atoms with Crippen LogP contribution in [-0.2, 0) is 12.0 Å². The van der Waals surface area contributed by atoms with E-state index in [-0.39, 0.29) is 0 Å². The molecule has 0 atom stereocenters. The minimum atomic E-state index is 0.333. The van der Waals surface area contributed by atoms with Gasteiger partial charge in [0.15, 0.2) is 0 Å². The van der Waals surface area contributed by atoms with E-state index in [4.69, 9.17) is 0 Å². The second-order valence-electron chi connectivity index (χ2n) is 6.26. The molecule has 116 valence electrons. The Bertz CT molecular complexity index is 760. The molecule has 0 bridgehead atoms. The number of aromatic amines is 1. The van der Waals surface area contributed by atoms with E-state index in [1.807, 2.05) is 18.5 Å². The Morgan fingerprint density at radius 3 is 2.65 bits per heavy atom. The molecule has 1 fully saturated rings. The summed E-state index contributed by atoms with van der Waals surface area (Å²) in [5, 5.41) is 10.9. The fraction of sp³-hybridized carbons (Fsp3) is 0.263. The molecule has 4 rings (SSSR count). The number of rotatable bonds is 6. The second-order valence-corrected chi connectivity index (χ2v) is 6.26. The van der Waals surface area contributed by atoms with Gasteiger partial charge in [0.2, 0.25) is 0 Å². The molecule has 0 saturated heterocycles. The van der Waals surface area contributed by atoms with E-state index in [9.17, 15) is 0 Å². The average molecular weight is 304 g/mol. The van der Waals surface area contributed by atoms with E-state index < -0.39 is 0 Å². The monoisotopic (exact) mass is 304 g/mol. The molecule has 0 radical (unpaired) electrons. The maximum absolute atomic E-state index is 4.19. The molecule has 1 saturated carbocycles. The fourth-order valence-corrected chi connectivity index (χ4v) is 3.15. The molecule has 1 aromatic carbocycles. The molecule has 2 N–H and O–H groups in total. The predicted molar refractivity (Wildman–Crippen MR) is 90.9 cm³/mol. The topological polar surface area (TPSA) is 53.6 Å². The summed E-state index contributed by atoms with van der Waals surface area (Å²) in [6.45, 7) is 1.82. The molecule has 3 aromatic rings. The van der Waals surface area contributed by atoms with Crippen molar-refractivity contribution in [3.63, 3.8) is 0 Å². The zero-order chi connectivity index (χ0) is 15.5. The number of H-pyrrole nitrogens is 1.